The molecule has 0 radical (unpaired) electrons. The largest absolute Gasteiger partial charge is 0.497 e. The Balaban J connectivity index is 1.67. The van der Waals surface area contributed by atoms with Gasteiger partial charge >= 0.3 is 0 Å². The Morgan fingerprint density at radius 2 is 1.82 bits per heavy atom. The Hall–Kier alpha value is -3.58. The highest BCUT2D eigenvalue weighted by atomic mass is 32.2. The van der Waals surface area contributed by atoms with Gasteiger partial charge in [0, 0.05) is 5.69 Å². The van der Waals surface area contributed by atoms with Crippen LogP contribution in [0.15, 0.2) is 76.7 Å². The summed E-state index contributed by atoms with van der Waals surface area (Å²) in [5.74, 6) is 0.671. The van der Waals surface area contributed by atoms with Gasteiger partial charge in [0.05, 0.1) is 29.5 Å². The van der Waals surface area contributed by atoms with Crippen LogP contribution in [0.25, 0.3) is 16.6 Å². The predicted octanol–water partition coefficient (Wildman–Crippen LogP) is 5.00. The fourth-order valence-electron chi connectivity index (χ4n) is 3.68. The lowest BCUT2D eigenvalue weighted by Crippen LogP contribution is -2.23. The van der Waals surface area contributed by atoms with Gasteiger partial charge < -0.3 is 10.1 Å². The maximum absolute atomic E-state index is 13.3. The number of methoxy groups -OCH3 is 1. The van der Waals surface area contributed by atoms with Gasteiger partial charge in [0.1, 0.15) is 5.75 Å². The van der Waals surface area contributed by atoms with Crippen LogP contribution < -0.4 is 15.6 Å². The number of para-hydroxylation sites is 2. The smallest absolute Gasteiger partial charge is 0.266 e. The number of hydrogen-bond acceptors (Lipinski definition) is 5. The fraction of sp³-hybridized carbons (Fsp3) is 0.192. The Labute approximate surface area is 196 Å². The zero-order valence-electron chi connectivity index (χ0n) is 18.8. The van der Waals surface area contributed by atoms with Gasteiger partial charge in [0.25, 0.3) is 5.56 Å². The zero-order valence-corrected chi connectivity index (χ0v) is 19.6. The number of carbonyl (C=O) groups excluding carboxylic acids is 1. The summed E-state index contributed by atoms with van der Waals surface area (Å²) in [6, 6.07) is 20.4. The molecule has 4 aromatic rings. The molecule has 33 heavy (non-hydrogen) atoms. The van der Waals surface area contributed by atoms with Gasteiger partial charge in [-0.05, 0) is 60.9 Å². The molecular formula is C26H25N3O3S. The monoisotopic (exact) mass is 459 g/mol. The highest BCUT2D eigenvalue weighted by Crippen LogP contribution is 2.25. The molecule has 6 nitrogen and oxygen atoms in total. The van der Waals surface area contributed by atoms with E-state index in [1.807, 2.05) is 49.4 Å². The van der Waals surface area contributed by atoms with E-state index >= 15 is 0 Å². The van der Waals surface area contributed by atoms with Gasteiger partial charge in [-0.1, -0.05) is 49.0 Å². The van der Waals surface area contributed by atoms with Crippen molar-refractivity contribution in [1.82, 2.24) is 9.55 Å². The first kappa shape index (κ1) is 22.6. The molecule has 168 valence electrons. The minimum Gasteiger partial charge on any atom is -0.497 e. The number of nitrogens with one attached hydrogen (secondary N) is 1. The van der Waals surface area contributed by atoms with Crippen LogP contribution in [0.1, 0.15) is 18.1 Å². The van der Waals surface area contributed by atoms with Gasteiger partial charge in [-0.25, -0.2) is 4.98 Å². The minimum absolute atomic E-state index is 0.123. The maximum Gasteiger partial charge on any atom is 0.266 e. The first-order chi connectivity index (χ1) is 16.0. The van der Waals surface area contributed by atoms with Crippen LogP contribution >= 0.6 is 11.8 Å². The number of fused-ring (bicyclic) bond motifs is 1. The van der Waals surface area contributed by atoms with Crippen LogP contribution in [-0.4, -0.2) is 28.3 Å². The molecule has 0 fully saturated rings. The molecule has 0 aliphatic carbocycles. The van der Waals surface area contributed by atoms with E-state index in [9.17, 15) is 9.59 Å². The van der Waals surface area contributed by atoms with E-state index in [2.05, 4.69) is 12.2 Å². The predicted molar refractivity (Wildman–Crippen MR) is 134 cm³/mol. The van der Waals surface area contributed by atoms with E-state index in [0.29, 0.717) is 27.5 Å². The molecule has 1 heterocycles. The third-order valence-corrected chi connectivity index (χ3v) is 6.35. The molecule has 7 heteroatoms. The summed E-state index contributed by atoms with van der Waals surface area (Å²) >= 11 is 1.24. The number of hydrogen-bond donors (Lipinski definition) is 1. The molecule has 4 rings (SSSR count). The Kier molecular flexibility index (Phi) is 6.79. The van der Waals surface area contributed by atoms with Crippen molar-refractivity contribution in [2.75, 3.05) is 18.2 Å². The number of ether oxygens (including phenoxy) is 1. The first-order valence-corrected chi connectivity index (χ1v) is 11.7. The lowest BCUT2D eigenvalue weighted by Gasteiger charge is -2.15. The van der Waals surface area contributed by atoms with Crippen LogP contribution in [0.3, 0.4) is 0 Å². The Morgan fingerprint density at radius 1 is 1.06 bits per heavy atom. The molecule has 0 spiro atoms. The fourth-order valence-corrected chi connectivity index (χ4v) is 4.49. The van der Waals surface area contributed by atoms with Crippen LogP contribution in [-0.2, 0) is 11.2 Å². The molecule has 0 unspecified atom stereocenters. The van der Waals surface area contributed by atoms with Gasteiger partial charge in [0.15, 0.2) is 5.16 Å². The minimum atomic E-state index is -0.180. The lowest BCUT2D eigenvalue weighted by atomic mass is 10.1. The third-order valence-electron chi connectivity index (χ3n) is 5.41. The average Bonchev–Trinajstić information content (AvgIpc) is 2.84. The number of nitrogens with zero attached hydrogens (tertiary/aromatic N) is 2. The standard InChI is InChI=1S/C26H25N3O3S/c1-4-18-9-7-8-17(2)24(18)28-23(30)16-33-26-27-22-11-6-5-10-21(22)25(31)29(26)19-12-14-20(32-3)15-13-19/h5-15H,4,16H2,1-3H3,(H,28,30). The van der Waals surface area contributed by atoms with Gasteiger partial charge in [-0.3, -0.25) is 14.2 Å². The number of aromatic nitrogens is 2. The quantitative estimate of drug-likeness (QED) is 0.311. The van der Waals surface area contributed by atoms with Crippen molar-refractivity contribution in [2.24, 2.45) is 0 Å². The second kappa shape index (κ2) is 9.92. The number of carbonyl (C=O) groups is 1. The van der Waals surface area contributed by atoms with Crippen LogP contribution in [0.5, 0.6) is 5.75 Å². The summed E-state index contributed by atoms with van der Waals surface area (Å²) in [5, 5.41) is 4.02. The molecular weight excluding hydrogens is 434 g/mol. The molecule has 0 saturated heterocycles. The van der Waals surface area contributed by atoms with Gasteiger partial charge in [-0.2, -0.15) is 0 Å². The molecule has 0 bridgehead atoms. The van der Waals surface area contributed by atoms with Gasteiger partial charge in [0.2, 0.25) is 5.91 Å². The highest BCUT2D eigenvalue weighted by Gasteiger charge is 2.16. The van der Waals surface area contributed by atoms with E-state index in [1.54, 1.807) is 35.9 Å². The molecule has 3 aromatic carbocycles. The van der Waals surface area contributed by atoms with E-state index in [-0.39, 0.29) is 17.2 Å². The first-order valence-electron chi connectivity index (χ1n) is 10.7. The van der Waals surface area contributed by atoms with E-state index in [4.69, 9.17) is 9.72 Å². The SMILES string of the molecule is CCc1cccc(C)c1NC(=O)CSc1nc2ccccc2c(=O)n1-c1ccc(OC)cc1. The summed E-state index contributed by atoms with van der Waals surface area (Å²) in [5.41, 5.74) is 4.04. The summed E-state index contributed by atoms with van der Waals surface area (Å²) in [4.78, 5) is 30.9. The molecule has 0 atom stereocenters. The van der Waals surface area contributed by atoms with Crippen molar-refractivity contribution < 1.29 is 9.53 Å². The number of amides is 1. The second-order valence-electron chi connectivity index (χ2n) is 7.55. The van der Waals surface area contributed by atoms with E-state index in [1.165, 1.54) is 11.8 Å². The summed E-state index contributed by atoms with van der Waals surface area (Å²) < 4.78 is 6.79. The Bertz CT molecular complexity index is 1360. The summed E-state index contributed by atoms with van der Waals surface area (Å²) in [7, 11) is 1.59. The van der Waals surface area contributed by atoms with Crippen LogP contribution in [0.2, 0.25) is 0 Å². The van der Waals surface area contributed by atoms with Gasteiger partial charge in [-0.15, -0.1) is 0 Å². The highest BCUT2D eigenvalue weighted by molar-refractivity contribution is 7.99. The van der Waals surface area contributed by atoms with Crippen LogP contribution in [0, 0.1) is 6.92 Å². The van der Waals surface area contributed by atoms with Crippen molar-refractivity contribution in [1.29, 1.82) is 0 Å². The summed E-state index contributed by atoms with van der Waals surface area (Å²) in [6.45, 7) is 4.04. The number of thioether (sulfide) groups is 1. The second-order valence-corrected chi connectivity index (χ2v) is 8.49. The third kappa shape index (κ3) is 4.78. The number of benzene rings is 3. The molecule has 1 N–H and O–H groups in total. The lowest BCUT2D eigenvalue weighted by molar-refractivity contribution is -0.113. The maximum atomic E-state index is 13.3. The van der Waals surface area contributed by atoms with E-state index < -0.39 is 0 Å². The molecule has 0 aliphatic heterocycles. The van der Waals surface area contributed by atoms with Crippen molar-refractivity contribution in [2.45, 2.75) is 25.4 Å². The van der Waals surface area contributed by atoms with Crippen LogP contribution in [0.4, 0.5) is 5.69 Å². The average molecular weight is 460 g/mol. The number of aryl methyl sites for hydroxylation is 2. The molecule has 1 amide bonds. The number of rotatable bonds is 7. The molecule has 0 saturated carbocycles. The topological polar surface area (TPSA) is 73.2 Å². The van der Waals surface area contributed by atoms with Crippen molar-refractivity contribution in [3.8, 4) is 11.4 Å². The molecule has 1 aromatic heterocycles. The Morgan fingerprint density at radius 3 is 2.55 bits per heavy atom. The normalized spacial score (nSPS) is 10.9. The zero-order chi connectivity index (χ0) is 23.4. The number of anilines is 1. The van der Waals surface area contributed by atoms with Crippen molar-refractivity contribution in [3.63, 3.8) is 0 Å². The van der Waals surface area contributed by atoms with E-state index in [0.717, 1.165) is 23.2 Å². The summed E-state index contributed by atoms with van der Waals surface area (Å²) in [6.07, 6.45) is 0.827. The van der Waals surface area contributed by atoms with Crippen molar-refractivity contribution in [3.05, 3.63) is 88.2 Å². The van der Waals surface area contributed by atoms with Crippen molar-refractivity contribution >= 4 is 34.3 Å². The molecule has 0 aliphatic rings.